The zero-order chi connectivity index (χ0) is 44.8. The lowest BCUT2D eigenvalue weighted by atomic mass is 9.94. The number of benzene rings is 4. The van der Waals surface area contributed by atoms with Gasteiger partial charge in [-0.2, -0.15) is 0 Å². The van der Waals surface area contributed by atoms with Gasteiger partial charge in [0.1, 0.15) is 11.2 Å². The van der Waals surface area contributed by atoms with Crippen molar-refractivity contribution in [2.75, 3.05) is 31.8 Å². The first-order valence-electron chi connectivity index (χ1n) is 22.0. The van der Waals surface area contributed by atoms with E-state index in [4.69, 9.17) is 24.7 Å². The molecule has 7 rings (SSSR count). The first-order valence-corrected chi connectivity index (χ1v) is 22.0. The van der Waals surface area contributed by atoms with Crippen LogP contribution in [0.1, 0.15) is 157 Å². The number of ether oxygens (including phenoxy) is 4. The van der Waals surface area contributed by atoms with Gasteiger partial charge < -0.3 is 30.0 Å². The molecule has 3 aliphatic carbocycles. The van der Waals surface area contributed by atoms with E-state index in [0.717, 1.165) is 51.5 Å². The van der Waals surface area contributed by atoms with Gasteiger partial charge in [-0.05, 0) is 179 Å². The van der Waals surface area contributed by atoms with Gasteiger partial charge in [0.05, 0.1) is 38.2 Å². The Balaban J connectivity index is 0.000000209. The normalized spacial score (nSPS) is 14.8. The molecule has 10 nitrogen and oxygen atoms in total. The highest BCUT2D eigenvalue weighted by molar-refractivity contribution is 5.92. The van der Waals surface area contributed by atoms with Gasteiger partial charge in [-0.15, -0.1) is 0 Å². The van der Waals surface area contributed by atoms with Crippen LogP contribution in [0, 0.1) is 5.92 Å². The molecule has 3 saturated carbocycles. The number of methoxy groups -OCH3 is 2. The largest absolute Gasteiger partial charge is 0.465 e. The van der Waals surface area contributed by atoms with E-state index in [-0.39, 0.29) is 36.7 Å². The average molecular weight is 845 g/mol. The van der Waals surface area contributed by atoms with Gasteiger partial charge in [0.25, 0.3) is 0 Å². The van der Waals surface area contributed by atoms with Gasteiger partial charge in [-0.25, -0.2) is 9.59 Å². The van der Waals surface area contributed by atoms with Crippen molar-refractivity contribution in [1.82, 2.24) is 0 Å². The molecule has 0 spiro atoms. The predicted molar refractivity (Wildman–Crippen MR) is 243 cm³/mol. The number of nitrogens with two attached hydrogens (primary N) is 1. The minimum Gasteiger partial charge on any atom is -0.465 e. The van der Waals surface area contributed by atoms with Crippen LogP contribution in [0.2, 0.25) is 0 Å². The van der Waals surface area contributed by atoms with Crippen LogP contribution in [-0.4, -0.2) is 55.8 Å². The summed E-state index contributed by atoms with van der Waals surface area (Å²) in [6, 6.07) is 24.0. The van der Waals surface area contributed by atoms with Gasteiger partial charge in [0.2, 0.25) is 0 Å². The number of rotatable bonds is 15. The number of nitrogen functional groups attached to an aromatic ring is 1. The summed E-state index contributed by atoms with van der Waals surface area (Å²) in [7, 11) is 2.83. The Hall–Kier alpha value is -5.64. The third-order valence-electron chi connectivity index (χ3n) is 11.1. The first-order chi connectivity index (χ1) is 29.4. The zero-order valence-corrected chi connectivity index (χ0v) is 37.8. The molecule has 62 heavy (non-hydrogen) atoms. The van der Waals surface area contributed by atoms with E-state index in [1.54, 1.807) is 6.07 Å². The highest BCUT2D eigenvalue weighted by atomic mass is 16.6. The summed E-state index contributed by atoms with van der Waals surface area (Å²) in [5.74, 6) is 0.676. The van der Waals surface area contributed by atoms with Gasteiger partial charge >= 0.3 is 23.9 Å². The minimum atomic E-state index is -0.540. The summed E-state index contributed by atoms with van der Waals surface area (Å²) in [4.78, 5) is 49.6. The van der Waals surface area contributed by atoms with E-state index in [9.17, 15) is 19.2 Å². The molecule has 330 valence electrons. The summed E-state index contributed by atoms with van der Waals surface area (Å²) in [6.07, 6.45) is 8.71. The van der Waals surface area contributed by atoms with Gasteiger partial charge in [0, 0.05) is 17.9 Å². The predicted octanol–water partition coefficient (Wildman–Crippen LogP) is 10.1. The topological polar surface area (TPSA) is 143 Å². The maximum absolute atomic E-state index is 12.6. The summed E-state index contributed by atoms with van der Waals surface area (Å²) >= 11 is 0. The third kappa shape index (κ3) is 13.7. The summed E-state index contributed by atoms with van der Waals surface area (Å²) in [6.45, 7) is 12.1. The average Bonchev–Trinajstić information content (AvgIpc) is 4.03. The molecule has 0 saturated heterocycles. The van der Waals surface area contributed by atoms with Crippen molar-refractivity contribution < 1.29 is 38.1 Å². The SMILES string of the molecule is COC(=O)c1cc(C2CC2)ccc1Cc1ccc(N)c(CC(=O)OC(C)(C)C)c1.COC(=O)c1cc(C2CC2)ccc1Cc1ccc(NCC2CC2)c(CC(=O)OC(C)(C)C)c1. The van der Waals surface area contributed by atoms with Gasteiger partial charge in [-0.1, -0.05) is 48.5 Å². The standard InChI is InChI=1S/C28H35NO4.C24H29NO4/c1-28(2,3)33-26(30)16-23-14-19(7-12-25(23)29-17-18-5-6-18)13-22-11-10-21(20-8-9-20)15-24(22)27(31)32-4;1-24(2,3)29-22(26)14-19-12-15(5-10-21(19)25)11-18-9-8-17(16-6-7-16)13-20(18)23(27)28-4/h7,10-12,14-15,18,20,29H,5-6,8-9,13,16-17H2,1-4H3;5,8-10,12-13,16H,6-7,11,14,25H2,1-4H3. The van der Waals surface area contributed by atoms with Crippen LogP contribution >= 0.6 is 0 Å². The number of anilines is 2. The molecular formula is C52H64N2O8. The Bertz CT molecular complexity index is 2270. The number of carbonyl (C=O) groups excluding carboxylic acids is 4. The Morgan fingerprint density at radius 2 is 1.03 bits per heavy atom. The van der Waals surface area contributed by atoms with E-state index in [1.807, 2.05) is 84.0 Å². The maximum atomic E-state index is 12.6. The quantitative estimate of drug-likeness (QED) is 0.0674. The molecule has 0 bridgehead atoms. The maximum Gasteiger partial charge on any atom is 0.338 e. The summed E-state index contributed by atoms with van der Waals surface area (Å²) < 4.78 is 21.0. The van der Waals surface area contributed by atoms with Crippen molar-refractivity contribution in [3.8, 4) is 0 Å². The van der Waals surface area contributed by atoms with Crippen molar-refractivity contribution in [1.29, 1.82) is 0 Å². The van der Waals surface area contributed by atoms with Crippen LogP contribution in [-0.2, 0) is 54.2 Å². The van der Waals surface area contributed by atoms with E-state index in [2.05, 4.69) is 29.6 Å². The van der Waals surface area contributed by atoms with Crippen LogP contribution in [0.4, 0.5) is 11.4 Å². The molecule has 3 N–H and O–H groups in total. The second-order valence-electron chi connectivity index (χ2n) is 19.1. The molecule has 0 aromatic heterocycles. The fraction of sp³-hybridized carbons (Fsp3) is 0.462. The van der Waals surface area contributed by atoms with Crippen LogP contribution < -0.4 is 11.1 Å². The Morgan fingerprint density at radius 1 is 0.581 bits per heavy atom. The number of carbonyl (C=O) groups is 4. The molecule has 0 atom stereocenters. The van der Waals surface area contributed by atoms with Crippen LogP contribution in [0.15, 0.2) is 72.8 Å². The van der Waals surface area contributed by atoms with Gasteiger partial charge in [-0.3, -0.25) is 9.59 Å². The summed E-state index contributed by atoms with van der Waals surface area (Å²) in [5, 5.41) is 3.52. The van der Waals surface area contributed by atoms with Crippen LogP contribution in [0.25, 0.3) is 0 Å². The fourth-order valence-corrected chi connectivity index (χ4v) is 7.52. The molecule has 0 amide bonds. The molecule has 3 fully saturated rings. The minimum absolute atomic E-state index is 0.113. The highest BCUT2D eigenvalue weighted by Crippen LogP contribution is 2.42. The van der Waals surface area contributed by atoms with Gasteiger partial charge in [0.15, 0.2) is 0 Å². The van der Waals surface area contributed by atoms with Crippen molar-refractivity contribution in [3.05, 3.63) is 128 Å². The number of hydrogen-bond acceptors (Lipinski definition) is 10. The Morgan fingerprint density at radius 3 is 1.47 bits per heavy atom. The number of nitrogens with one attached hydrogen (secondary N) is 1. The Labute approximate surface area is 367 Å². The van der Waals surface area contributed by atoms with E-state index in [0.29, 0.717) is 41.5 Å². The first kappa shape index (κ1) is 45.9. The molecule has 0 radical (unpaired) electrons. The van der Waals surface area contributed by atoms with E-state index in [1.165, 1.54) is 63.9 Å². The van der Waals surface area contributed by atoms with Crippen LogP contribution in [0.5, 0.6) is 0 Å². The number of esters is 4. The molecule has 4 aromatic rings. The zero-order valence-electron chi connectivity index (χ0n) is 37.8. The monoisotopic (exact) mass is 844 g/mol. The van der Waals surface area contributed by atoms with Crippen molar-refractivity contribution in [2.24, 2.45) is 5.92 Å². The lowest BCUT2D eigenvalue weighted by Gasteiger charge is -2.20. The molecule has 4 aromatic carbocycles. The second-order valence-corrected chi connectivity index (χ2v) is 19.1. The van der Waals surface area contributed by atoms with E-state index < -0.39 is 11.2 Å². The highest BCUT2D eigenvalue weighted by Gasteiger charge is 2.28. The number of hydrogen-bond donors (Lipinski definition) is 2. The molecule has 0 aliphatic heterocycles. The summed E-state index contributed by atoms with van der Waals surface area (Å²) in [5.41, 5.74) is 15.7. The molecule has 0 unspecified atom stereocenters. The fourth-order valence-electron chi connectivity index (χ4n) is 7.52. The third-order valence-corrected chi connectivity index (χ3v) is 11.1. The molecule has 10 heteroatoms. The van der Waals surface area contributed by atoms with E-state index >= 15 is 0 Å². The molecule has 0 heterocycles. The molecule has 3 aliphatic rings. The van der Waals surface area contributed by atoms with Crippen molar-refractivity contribution in [2.45, 2.75) is 129 Å². The second kappa shape index (κ2) is 19.6. The Kier molecular flexibility index (Phi) is 14.5. The van der Waals surface area contributed by atoms with Crippen LogP contribution in [0.3, 0.4) is 0 Å². The van der Waals surface area contributed by atoms with Crippen molar-refractivity contribution >= 4 is 35.3 Å². The smallest absolute Gasteiger partial charge is 0.338 e. The lowest BCUT2D eigenvalue weighted by molar-refractivity contribution is -0.155. The molecular weight excluding hydrogens is 781 g/mol. The lowest BCUT2D eigenvalue weighted by Crippen LogP contribution is -2.25. The van der Waals surface area contributed by atoms with Crippen molar-refractivity contribution in [3.63, 3.8) is 0 Å².